The number of nitrogens with one attached hydrogen (secondary N) is 1. The third-order valence-electron chi connectivity index (χ3n) is 4.28. The van der Waals surface area contributed by atoms with E-state index in [4.69, 9.17) is 4.74 Å². The summed E-state index contributed by atoms with van der Waals surface area (Å²) >= 11 is 0. The highest BCUT2D eigenvalue weighted by molar-refractivity contribution is 5.82. The van der Waals surface area contributed by atoms with Crippen molar-refractivity contribution >= 4 is 5.91 Å². The Balaban J connectivity index is 1.48. The van der Waals surface area contributed by atoms with Gasteiger partial charge in [-0.1, -0.05) is 0 Å². The molecule has 1 unspecified atom stereocenters. The minimum atomic E-state index is -2.80. The van der Waals surface area contributed by atoms with Crippen molar-refractivity contribution in [1.82, 2.24) is 10.2 Å². The van der Waals surface area contributed by atoms with E-state index in [1.165, 1.54) is 12.1 Å². The van der Waals surface area contributed by atoms with Gasteiger partial charge in [0.15, 0.2) is 0 Å². The standard InChI is InChI=1S/C16H19F3N2O2/c17-11-1-3-12(4-2-11)23-13-5-7-21(8-6-13)15(22)14-9-16(18,19)10-20-14/h1-4,13-14,20H,5-10H2. The molecule has 4 nitrogen and oxygen atoms in total. The Morgan fingerprint density at radius 2 is 1.87 bits per heavy atom. The van der Waals surface area contributed by atoms with Gasteiger partial charge in [0.05, 0.1) is 12.6 Å². The molecule has 2 saturated heterocycles. The summed E-state index contributed by atoms with van der Waals surface area (Å²) in [7, 11) is 0. The van der Waals surface area contributed by atoms with E-state index < -0.39 is 24.9 Å². The number of amides is 1. The average molecular weight is 328 g/mol. The molecule has 2 fully saturated rings. The van der Waals surface area contributed by atoms with Crippen molar-refractivity contribution < 1.29 is 22.7 Å². The summed E-state index contributed by atoms with van der Waals surface area (Å²) in [5.41, 5.74) is 0. The van der Waals surface area contributed by atoms with Crippen molar-refractivity contribution in [3.8, 4) is 5.75 Å². The first kappa shape index (κ1) is 16.1. The van der Waals surface area contributed by atoms with Gasteiger partial charge in [-0.3, -0.25) is 10.1 Å². The highest BCUT2D eigenvalue weighted by Crippen LogP contribution is 2.27. The maximum absolute atomic E-state index is 13.2. The van der Waals surface area contributed by atoms with E-state index in [1.54, 1.807) is 17.0 Å². The first-order valence-corrected chi connectivity index (χ1v) is 7.75. The number of benzene rings is 1. The number of nitrogens with zero attached hydrogens (tertiary/aromatic N) is 1. The molecule has 1 amide bonds. The number of piperidine rings is 1. The number of carbonyl (C=O) groups is 1. The molecule has 7 heteroatoms. The summed E-state index contributed by atoms with van der Waals surface area (Å²) in [6.45, 7) is 0.524. The first-order valence-electron chi connectivity index (χ1n) is 7.75. The van der Waals surface area contributed by atoms with Crippen molar-refractivity contribution in [2.24, 2.45) is 0 Å². The van der Waals surface area contributed by atoms with Gasteiger partial charge in [-0.25, -0.2) is 13.2 Å². The highest BCUT2D eigenvalue weighted by Gasteiger charge is 2.43. The second-order valence-electron chi connectivity index (χ2n) is 6.09. The minimum absolute atomic E-state index is 0.0533. The first-order chi connectivity index (χ1) is 10.9. The molecular formula is C16H19F3N2O2. The molecule has 23 heavy (non-hydrogen) atoms. The smallest absolute Gasteiger partial charge is 0.262 e. The van der Waals surface area contributed by atoms with Gasteiger partial charge in [-0.15, -0.1) is 0 Å². The molecule has 2 aliphatic heterocycles. The molecule has 2 aliphatic rings. The van der Waals surface area contributed by atoms with Gasteiger partial charge in [0.1, 0.15) is 17.7 Å². The maximum atomic E-state index is 13.2. The molecule has 0 saturated carbocycles. The summed E-state index contributed by atoms with van der Waals surface area (Å²) in [5.74, 6) is -2.79. The van der Waals surface area contributed by atoms with Crippen molar-refractivity contribution in [3.63, 3.8) is 0 Å². The highest BCUT2D eigenvalue weighted by atomic mass is 19.3. The Morgan fingerprint density at radius 1 is 1.22 bits per heavy atom. The van der Waals surface area contributed by atoms with Crippen molar-refractivity contribution in [1.29, 1.82) is 0 Å². The molecule has 0 bridgehead atoms. The quantitative estimate of drug-likeness (QED) is 0.925. The Morgan fingerprint density at radius 3 is 2.43 bits per heavy atom. The van der Waals surface area contributed by atoms with E-state index in [-0.39, 0.29) is 17.8 Å². The second kappa shape index (κ2) is 6.39. The molecule has 0 aliphatic carbocycles. The topological polar surface area (TPSA) is 41.6 Å². The second-order valence-corrected chi connectivity index (χ2v) is 6.09. The zero-order chi connectivity index (χ0) is 16.4. The third kappa shape index (κ3) is 3.96. The average Bonchev–Trinajstić information content (AvgIpc) is 2.90. The molecule has 1 aromatic carbocycles. The molecule has 1 aromatic rings. The lowest BCUT2D eigenvalue weighted by atomic mass is 10.1. The predicted octanol–water partition coefficient (Wildman–Crippen LogP) is 2.19. The van der Waals surface area contributed by atoms with Crippen LogP contribution < -0.4 is 10.1 Å². The largest absolute Gasteiger partial charge is 0.490 e. The monoisotopic (exact) mass is 328 g/mol. The Hall–Kier alpha value is -1.76. The number of halogens is 3. The summed E-state index contributed by atoms with van der Waals surface area (Å²) in [6, 6.07) is 5.01. The van der Waals surface area contributed by atoms with Gasteiger partial charge in [-0.2, -0.15) is 0 Å². The van der Waals surface area contributed by atoms with Crippen molar-refractivity contribution in [2.45, 2.75) is 37.3 Å². The normalized spacial score (nSPS) is 24.7. The molecular weight excluding hydrogens is 309 g/mol. The fourth-order valence-corrected chi connectivity index (χ4v) is 3.01. The number of likely N-dealkylation sites (tertiary alicyclic amines) is 1. The number of rotatable bonds is 3. The number of hydrogen-bond donors (Lipinski definition) is 1. The summed E-state index contributed by atoms with van der Waals surface area (Å²) < 4.78 is 45.0. The van der Waals surface area contributed by atoms with E-state index in [1.807, 2.05) is 0 Å². The number of carbonyl (C=O) groups excluding carboxylic acids is 1. The van der Waals surface area contributed by atoms with Crippen LogP contribution in [0.2, 0.25) is 0 Å². The van der Waals surface area contributed by atoms with E-state index in [2.05, 4.69) is 5.32 Å². The maximum Gasteiger partial charge on any atom is 0.262 e. The van der Waals surface area contributed by atoms with Gasteiger partial charge in [0, 0.05) is 32.4 Å². The van der Waals surface area contributed by atoms with Crippen molar-refractivity contribution in [2.75, 3.05) is 19.6 Å². The van der Waals surface area contributed by atoms with Crippen LogP contribution in [-0.4, -0.2) is 48.5 Å². The van der Waals surface area contributed by atoms with Crippen LogP contribution >= 0.6 is 0 Å². The Bertz CT molecular complexity index is 557. The number of hydrogen-bond acceptors (Lipinski definition) is 3. The Kier molecular flexibility index (Phi) is 4.48. The van der Waals surface area contributed by atoms with Gasteiger partial charge < -0.3 is 9.64 Å². The molecule has 3 rings (SSSR count). The van der Waals surface area contributed by atoms with Gasteiger partial charge >= 0.3 is 0 Å². The molecule has 0 spiro atoms. The lowest BCUT2D eigenvalue weighted by molar-refractivity contribution is -0.135. The van der Waals surface area contributed by atoms with Gasteiger partial charge in [-0.05, 0) is 24.3 Å². The number of alkyl halides is 2. The summed E-state index contributed by atoms with van der Waals surface area (Å²) in [4.78, 5) is 13.9. The predicted molar refractivity (Wildman–Crippen MR) is 78.0 cm³/mol. The van der Waals surface area contributed by atoms with Gasteiger partial charge in [0.2, 0.25) is 5.91 Å². The minimum Gasteiger partial charge on any atom is -0.490 e. The van der Waals surface area contributed by atoms with Crippen LogP contribution in [0.25, 0.3) is 0 Å². The van der Waals surface area contributed by atoms with E-state index in [9.17, 15) is 18.0 Å². The number of ether oxygens (including phenoxy) is 1. The molecule has 2 heterocycles. The fraction of sp³-hybridized carbons (Fsp3) is 0.562. The van der Waals surface area contributed by atoms with Crippen LogP contribution in [0.3, 0.4) is 0 Å². The zero-order valence-corrected chi connectivity index (χ0v) is 12.6. The molecule has 0 radical (unpaired) electrons. The van der Waals surface area contributed by atoms with Crippen molar-refractivity contribution in [3.05, 3.63) is 30.1 Å². The Labute approximate surface area is 132 Å². The van der Waals surface area contributed by atoms with Gasteiger partial charge in [0.25, 0.3) is 5.92 Å². The van der Waals surface area contributed by atoms with Crippen LogP contribution in [0.4, 0.5) is 13.2 Å². The summed E-state index contributed by atoms with van der Waals surface area (Å²) in [6.07, 6.45) is 0.776. The van der Waals surface area contributed by atoms with Crippen LogP contribution in [0, 0.1) is 5.82 Å². The fourth-order valence-electron chi connectivity index (χ4n) is 3.01. The van der Waals surface area contributed by atoms with E-state index in [0.29, 0.717) is 31.7 Å². The van der Waals surface area contributed by atoms with Crippen LogP contribution in [0.15, 0.2) is 24.3 Å². The van der Waals surface area contributed by atoms with E-state index in [0.717, 1.165) is 0 Å². The van der Waals surface area contributed by atoms with Crippen LogP contribution in [0.5, 0.6) is 5.75 Å². The molecule has 1 N–H and O–H groups in total. The lowest BCUT2D eigenvalue weighted by Crippen LogP contribution is -2.48. The van der Waals surface area contributed by atoms with Crippen LogP contribution in [-0.2, 0) is 4.79 Å². The third-order valence-corrected chi connectivity index (χ3v) is 4.28. The summed E-state index contributed by atoms with van der Waals surface area (Å²) in [5, 5.41) is 2.59. The van der Waals surface area contributed by atoms with Crippen LogP contribution in [0.1, 0.15) is 19.3 Å². The molecule has 0 aromatic heterocycles. The zero-order valence-electron chi connectivity index (χ0n) is 12.6. The SMILES string of the molecule is O=C(C1CC(F)(F)CN1)N1CCC(Oc2ccc(F)cc2)CC1. The van der Waals surface area contributed by atoms with E-state index >= 15 is 0 Å². The molecule has 126 valence electrons. The lowest BCUT2D eigenvalue weighted by Gasteiger charge is -2.33. The molecule has 1 atom stereocenters.